The third kappa shape index (κ3) is 2.66. The summed E-state index contributed by atoms with van der Waals surface area (Å²) >= 11 is 0.784. The molecule has 0 aliphatic heterocycles. The minimum Gasteiger partial charge on any atom is -0.231 e. The molecule has 1 atom stereocenters. The predicted molar refractivity (Wildman–Crippen MR) is 59.7 cm³/mol. The van der Waals surface area contributed by atoms with Crippen molar-refractivity contribution in [1.29, 1.82) is 0 Å². The smallest absolute Gasteiger partial charge is 0.231 e. The Balaban J connectivity index is 2.28. The largest absolute Gasteiger partial charge is 0.424 e. The third-order valence-electron chi connectivity index (χ3n) is 2.26. The molecule has 0 N–H and O–H groups in total. The van der Waals surface area contributed by atoms with Crippen molar-refractivity contribution in [2.45, 2.75) is 12.3 Å². The molecule has 0 fully saturated rings. The van der Waals surface area contributed by atoms with Crippen molar-refractivity contribution in [3.63, 3.8) is 0 Å². The maximum atomic E-state index is 13.1. The molecular weight excluding hydrogens is 252 g/mol. The molecule has 1 aromatic heterocycles. The van der Waals surface area contributed by atoms with Crippen molar-refractivity contribution in [3.8, 4) is 11.1 Å². The molecule has 2 aromatic rings. The summed E-state index contributed by atoms with van der Waals surface area (Å²) in [5.41, 5.74) is 1.39. The molecule has 17 heavy (non-hydrogen) atoms. The molecule has 2 rings (SSSR count). The molecule has 1 aromatic carbocycles. The summed E-state index contributed by atoms with van der Waals surface area (Å²) in [4.78, 5) is -0.309. The van der Waals surface area contributed by atoms with Crippen LogP contribution in [0.3, 0.4) is 0 Å². The van der Waals surface area contributed by atoms with Gasteiger partial charge in [0.1, 0.15) is 0 Å². The van der Waals surface area contributed by atoms with Crippen molar-refractivity contribution in [3.05, 3.63) is 46.7 Å². The number of thiophene rings is 1. The Morgan fingerprint density at radius 3 is 2.24 bits per heavy atom. The third-order valence-corrected chi connectivity index (χ3v) is 3.23. The molecule has 0 bridgehead atoms. The van der Waals surface area contributed by atoms with Crippen LogP contribution in [0.2, 0.25) is 0 Å². The van der Waals surface area contributed by atoms with Crippen molar-refractivity contribution in [1.82, 2.24) is 0 Å². The summed E-state index contributed by atoms with van der Waals surface area (Å²) < 4.78 is 49.6. The first-order valence-electron chi connectivity index (χ1n) is 4.83. The Labute approximate surface area is 99.5 Å². The van der Waals surface area contributed by atoms with Gasteiger partial charge in [0.2, 0.25) is 6.17 Å². The second-order valence-electron chi connectivity index (χ2n) is 3.51. The van der Waals surface area contributed by atoms with E-state index in [1.165, 1.54) is 11.4 Å². The normalized spacial score (nSPS) is 13.6. The summed E-state index contributed by atoms with van der Waals surface area (Å²) in [6, 6.07) is 10.2. The van der Waals surface area contributed by atoms with E-state index in [1.807, 2.05) is 6.07 Å². The Morgan fingerprint density at radius 1 is 1.00 bits per heavy atom. The Morgan fingerprint density at radius 2 is 1.65 bits per heavy atom. The van der Waals surface area contributed by atoms with Crippen molar-refractivity contribution in [2.24, 2.45) is 0 Å². The number of alkyl halides is 4. The molecular formula is C12H8F4S. The van der Waals surface area contributed by atoms with Crippen LogP contribution in [-0.2, 0) is 0 Å². The first kappa shape index (κ1) is 12.1. The molecule has 90 valence electrons. The van der Waals surface area contributed by atoms with Crippen LogP contribution in [-0.4, -0.2) is 6.18 Å². The molecule has 1 unspecified atom stereocenters. The van der Waals surface area contributed by atoms with Crippen LogP contribution in [0.25, 0.3) is 11.1 Å². The summed E-state index contributed by atoms with van der Waals surface area (Å²) in [5.74, 6) is 0. The van der Waals surface area contributed by atoms with E-state index in [0.717, 1.165) is 16.9 Å². The first-order chi connectivity index (χ1) is 7.98. The molecule has 0 nitrogen and oxygen atoms in total. The van der Waals surface area contributed by atoms with E-state index in [2.05, 4.69) is 0 Å². The first-order valence-corrected chi connectivity index (χ1v) is 5.71. The van der Waals surface area contributed by atoms with Gasteiger partial charge in [-0.15, -0.1) is 11.3 Å². The fourth-order valence-electron chi connectivity index (χ4n) is 1.43. The lowest BCUT2D eigenvalue weighted by atomic mass is 10.1. The van der Waals surface area contributed by atoms with E-state index >= 15 is 0 Å². The van der Waals surface area contributed by atoms with Gasteiger partial charge in [-0.2, -0.15) is 13.2 Å². The van der Waals surface area contributed by atoms with E-state index < -0.39 is 12.3 Å². The van der Waals surface area contributed by atoms with E-state index in [-0.39, 0.29) is 4.88 Å². The fraction of sp³-hybridized carbons (Fsp3) is 0.167. The SMILES string of the molecule is FC(c1cc(-c2ccccc2)cs1)C(F)(F)F. The lowest BCUT2D eigenvalue weighted by Gasteiger charge is -2.09. The van der Waals surface area contributed by atoms with E-state index in [4.69, 9.17) is 0 Å². The standard InChI is InChI=1S/C12H8F4S/c13-11(12(14,15)16)10-6-9(7-17-10)8-4-2-1-3-5-8/h1-7,11H. The maximum Gasteiger partial charge on any atom is 0.424 e. The van der Waals surface area contributed by atoms with Crippen LogP contribution in [0.1, 0.15) is 11.0 Å². The highest BCUT2D eigenvalue weighted by Gasteiger charge is 2.42. The average molecular weight is 260 g/mol. The average Bonchev–Trinajstić information content (AvgIpc) is 2.77. The Bertz CT molecular complexity index is 487. The molecule has 0 radical (unpaired) electrons. The summed E-state index contributed by atoms with van der Waals surface area (Å²) in [6.07, 6.45) is -7.73. The second kappa shape index (κ2) is 4.49. The van der Waals surface area contributed by atoms with Gasteiger partial charge >= 0.3 is 6.18 Å². The number of hydrogen-bond donors (Lipinski definition) is 0. The highest BCUT2D eigenvalue weighted by Crippen LogP contribution is 2.40. The summed E-state index contributed by atoms with van der Waals surface area (Å²) in [5, 5.41) is 1.53. The summed E-state index contributed by atoms with van der Waals surface area (Å²) in [7, 11) is 0. The molecule has 0 aliphatic rings. The van der Waals surface area contributed by atoms with Crippen LogP contribution in [0.4, 0.5) is 17.6 Å². The Kier molecular flexibility index (Phi) is 3.19. The maximum absolute atomic E-state index is 13.1. The van der Waals surface area contributed by atoms with E-state index in [1.54, 1.807) is 24.3 Å². The predicted octanol–water partition coefficient (Wildman–Crippen LogP) is 4.99. The van der Waals surface area contributed by atoms with Crippen molar-refractivity contribution in [2.75, 3.05) is 0 Å². The van der Waals surface area contributed by atoms with Gasteiger partial charge in [-0.05, 0) is 22.6 Å². The summed E-state index contributed by atoms with van der Waals surface area (Å²) in [6.45, 7) is 0. The highest BCUT2D eigenvalue weighted by atomic mass is 32.1. The Hall–Kier alpha value is -1.36. The quantitative estimate of drug-likeness (QED) is 0.667. The van der Waals surface area contributed by atoms with Crippen molar-refractivity contribution >= 4 is 11.3 Å². The van der Waals surface area contributed by atoms with E-state index in [0.29, 0.717) is 5.56 Å². The fourth-order valence-corrected chi connectivity index (χ4v) is 2.34. The van der Waals surface area contributed by atoms with Crippen LogP contribution in [0.15, 0.2) is 41.8 Å². The lowest BCUT2D eigenvalue weighted by molar-refractivity contribution is -0.181. The van der Waals surface area contributed by atoms with Gasteiger partial charge in [0.05, 0.1) is 0 Å². The number of benzene rings is 1. The zero-order valence-electron chi connectivity index (χ0n) is 8.54. The van der Waals surface area contributed by atoms with Crippen molar-refractivity contribution < 1.29 is 17.6 Å². The van der Waals surface area contributed by atoms with E-state index in [9.17, 15) is 17.6 Å². The molecule has 0 saturated carbocycles. The minimum absolute atomic E-state index is 0.309. The topological polar surface area (TPSA) is 0 Å². The molecule has 5 heteroatoms. The molecule has 0 spiro atoms. The van der Waals surface area contributed by atoms with Gasteiger partial charge < -0.3 is 0 Å². The number of halogens is 4. The van der Waals surface area contributed by atoms with Gasteiger partial charge in [0.15, 0.2) is 0 Å². The van der Waals surface area contributed by atoms with Crippen LogP contribution < -0.4 is 0 Å². The van der Waals surface area contributed by atoms with Gasteiger partial charge in [-0.3, -0.25) is 0 Å². The number of rotatable bonds is 2. The van der Waals surface area contributed by atoms with Crippen LogP contribution in [0.5, 0.6) is 0 Å². The molecule has 0 saturated heterocycles. The minimum atomic E-state index is -4.83. The molecule has 0 aliphatic carbocycles. The number of hydrogen-bond acceptors (Lipinski definition) is 1. The monoisotopic (exact) mass is 260 g/mol. The van der Waals surface area contributed by atoms with Crippen LogP contribution in [0, 0.1) is 0 Å². The molecule has 1 heterocycles. The molecule has 0 amide bonds. The second-order valence-corrected chi connectivity index (χ2v) is 4.45. The van der Waals surface area contributed by atoms with Gasteiger partial charge in [-0.25, -0.2) is 4.39 Å². The van der Waals surface area contributed by atoms with Gasteiger partial charge in [0.25, 0.3) is 0 Å². The van der Waals surface area contributed by atoms with Gasteiger partial charge in [-0.1, -0.05) is 30.3 Å². The van der Waals surface area contributed by atoms with Gasteiger partial charge in [0, 0.05) is 4.88 Å². The lowest BCUT2D eigenvalue weighted by Crippen LogP contribution is -2.15. The zero-order chi connectivity index (χ0) is 12.5. The zero-order valence-corrected chi connectivity index (χ0v) is 9.36. The van der Waals surface area contributed by atoms with Crippen LogP contribution >= 0.6 is 11.3 Å². The highest BCUT2D eigenvalue weighted by molar-refractivity contribution is 7.10.